The molecule has 1 fully saturated rings. The van der Waals surface area contributed by atoms with Gasteiger partial charge in [-0.25, -0.2) is 4.98 Å². The molecule has 0 radical (unpaired) electrons. The van der Waals surface area contributed by atoms with E-state index in [2.05, 4.69) is 22.9 Å². The largest absolute Gasteiger partial charge is 0.338 e. The summed E-state index contributed by atoms with van der Waals surface area (Å²) in [5.41, 5.74) is 7.02. The SMILES string of the molecule is CC(C(=O)N(C)Cc1nc2ccccc2s1)N1CCC(C)(CN)C1. The molecular weight excluding hydrogens is 320 g/mol. The molecule has 0 saturated carbocycles. The van der Waals surface area contributed by atoms with Crippen LogP contribution < -0.4 is 5.73 Å². The molecule has 130 valence electrons. The number of likely N-dealkylation sites (tertiary alicyclic amines) is 1. The predicted octanol–water partition coefficient (Wildman–Crippen LogP) is 2.31. The van der Waals surface area contributed by atoms with E-state index in [-0.39, 0.29) is 17.4 Å². The topological polar surface area (TPSA) is 62.5 Å². The molecule has 24 heavy (non-hydrogen) atoms. The van der Waals surface area contributed by atoms with Crippen LogP contribution in [0.5, 0.6) is 0 Å². The molecule has 2 heterocycles. The van der Waals surface area contributed by atoms with Gasteiger partial charge in [0.25, 0.3) is 0 Å². The summed E-state index contributed by atoms with van der Waals surface area (Å²) in [4.78, 5) is 21.4. The summed E-state index contributed by atoms with van der Waals surface area (Å²) >= 11 is 1.66. The number of nitrogens with zero attached hydrogens (tertiary/aromatic N) is 3. The third-order valence-corrected chi connectivity index (χ3v) is 6.09. The summed E-state index contributed by atoms with van der Waals surface area (Å²) in [5, 5.41) is 0.979. The van der Waals surface area contributed by atoms with Crippen LogP contribution in [0.3, 0.4) is 0 Å². The molecule has 3 rings (SSSR count). The maximum atomic E-state index is 12.8. The summed E-state index contributed by atoms with van der Waals surface area (Å²) in [6.45, 7) is 7.27. The molecule has 2 unspecified atom stereocenters. The first kappa shape index (κ1) is 17.3. The Morgan fingerprint density at radius 3 is 2.92 bits per heavy atom. The minimum absolute atomic E-state index is 0.113. The highest BCUT2D eigenvalue weighted by Crippen LogP contribution is 2.30. The van der Waals surface area contributed by atoms with Gasteiger partial charge in [-0.05, 0) is 44.0 Å². The first-order chi connectivity index (χ1) is 11.4. The Labute approximate surface area is 147 Å². The quantitative estimate of drug-likeness (QED) is 0.902. The maximum Gasteiger partial charge on any atom is 0.239 e. The number of benzene rings is 1. The number of likely N-dealkylation sites (N-methyl/N-ethyl adjacent to an activating group) is 1. The van der Waals surface area contributed by atoms with Crippen LogP contribution in [0, 0.1) is 5.41 Å². The van der Waals surface area contributed by atoms with Crippen LogP contribution in [0.4, 0.5) is 0 Å². The fourth-order valence-electron chi connectivity index (χ4n) is 3.30. The van der Waals surface area contributed by atoms with Gasteiger partial charge < -0.3 is 10.6 Å². The smallest absolute Gasteiger partial charge is 0.239 e. The lowest BCUT2D eigenvalue weighted by molar-refractivity contribution is -0.135. The lowest BCUT2D eigenvalue weighted by atomic mass is 9.90. The Hall–Kier alpha value is -1.50. The molecule has 6 heteroatoms. The number of carbonyl (C=O) groups is 1. The Kier molecular flexibility index (Phi) is 4.90. The van der Waals surface area contributed by atoms with Crippen molar-refractivity contribution in [3.63, 3.8) is 0 Å². The standard InChI is InChI=1S/C18H26N4OS/c1-13(22-9-8-18(2,11-19)12-22)17(23)21(3)10-16-20-14-6-4-5-7-15(14)24-16/h4-7,13H,8-12,19H2,1-3H3. The molecule has 1 saturated heterocycles. The molecule has 2 N–H and O–H groups in total. The lowest BCUT2D eigenvalue weighted by Gasteiger charge is -2.29. The molecule has 2 aromatic rings. The van der Waals surface area contributed by atoms with Crippen molar-refractivity contribution >= 4 is 27.5 Å². The number of aromatic nitrogens is 1. The van der Waals surface area contributed by atoms with Crippen LogP contribution in [-0.2, 0) is 11.3 Å². The van der Waals surface area contributed by atoms with Crippen molar-refractivity contribution in [2.75, 3.05) is 26.7 Å². The van der Waals surface area contributed by atoms with Crippen LogP contribution in [-0.4, -0.2) is 53.4 Å². The molecule has 1 aliphatic heterocycles. The molecule has 5 nitrogen and oxygen atoms in total. The van der Waals surface area contributed by atoms with Gasteiger partial charge >= 0.3 is 0 Å². The van der Waals surface area contributed by atoms with E-state index in [0.29, 0.717) is 13.1 Å². The third kappa shape index (κ3) is 3.45. The second-order valence-electron chi connectivity index (χ2n) is 7.18. The van der Waals surface area contributed by atoms with Gasteiger partial charge in [0, 0.05) is 13.6 Å². The average molecular weight is 347 g/mol. The average Bonchev–Trinajstić information content (AvgIpc) is 3.17. The third-order valence-electron chi connectivity index (χ3n) is 5.07. The minimum atomic E-state index is -0.113. The van der Waals surface area contributed by atoms with E-state index in [1.54, 1.807) is 16.2 Å². The number of hydrogen-bond acceptors (Lipinski definition) is 5. The van der Waals surface area contributed by atoms with Crippen molar-refractivity contribution in [1.29, 1.82) is 0 Å². The first-order valence-corrected chi connectivity index (χ1v) is 9.27. The number of para-hydroxylation sites is 1. The van der Waals surface area contributed by atoms with Gasteiger partial charge in [-0.2, -0.15) is 0 Å². The number of fused-ring (bicyclic) bond motifs is 1. The monoisotopic (exact) mass is 346 g/mol. The fourth-order valence-corrected chi connectivity index (χ4v) is 4.32. The minimum Gasteiger partial charge on any atom is -0.338 e. The highest BCUT2D eigenvalue weighted by Gasteiger charge is 2.37. The summed E-state index contributed by atoms with van der Waals surface area (Å²) in [6, 6.07) is 7.97. The molecular formula is C18H26N4OS. The fraction of sp³-hybridized carbons (Fsp3) is 0.556. The van der Waals surface area contributed by atoms with E-state index in [9.17, 15) is 4.79 Å². The van der Waals surface area contributed by atoms with Gasteiger partial charge in [-0.15, -0.1) is 11.3 Å². The van der Waals surface area contributed by atoms with Gasteiger partial charge in [-0.1, -0.05) is 19.1 Å². The number of carbonyl (C=O) groups excluding carboxylic acids is 1. The van der Waals surface area contributed by atoms with Crippen molar-refractivity contribution < 1.29 is 4.79 Å². The Morgan fingerprint density at radius 2 is 2.25 bits per heavy atom. The van der Waals surface area contributed by atoms with E-state index < -0.39 is 0 Å². The molecule has 1 amide bonds. The van der Waals surface area contributed by atoms with Gasteiger partial charge in [0.15, 0.2) is 0 Å². The molecule has 2 atom stereocenters. The van der Waals surface area contributed by atoms with Gasteiger partial charge in [0.2, 0.25) is 5.91 Å². The second-order valence-corrected chi connectivity index (χ2v) is 8.30. The Balaban J connectivity index is 1.64. The van der Waals surface area contributed by atoms with Crippen molar-refractivity contribution in [3.05, 3.63) is 29.3 Å². The van der Waals surface area contributed by atoms with Crippen molar-refractivity contribution in [2.24, 2.45) is 11.1 Å². The molecule has 0 spiro atoms. The Bertz CT molecular complexity index is 698. The zero-order valence-electron chi connectivity index (χ0n) is 14.7. The van der Waals surface area contributed by atoms with Gasteiger partial charge in [0.1, 0.15) is 5.01 Å². The maximum absolute atomic E-state index is 12.8. The van der Waals surface area contributed by atoms with E-state index in [0.717, 1.165) is 30.0 Å². The summed E-state index contributed by atoms with van der Waals surface area (Å²) in [5.74, 6) is 0.149. The van der Waals surface area contributed by atoms with Crippen molar-refractivity contribution in [1.82, 2.24) is 14.8 Å². The molecule has 0 aliphatic carbocycles. The van der Waals surface area contributed by atoms with E-state index >= 15 is 0 Å². The normalized spacial score (nSPS) is 22.8. The van der Waals surface area contributed by atoms with E-state index in [1.807, 2.05) is 32.2 Å². The summed E-state index contributed by atoms with van der Waals surface area (Å²) in [7, 11) is 1.86. The van der Waals surface area contributed by atoms with Crippen LogP contribution in [0.1, 0.15) is 25.3 Å². The zero-order chi connectivity index (χ0) is 17.3. The Morgan fingerprint density at radius 1 is 1.50 bits per heavy atom. The van der Waals surface area contributed by atoms with Crippen molar-refractivity contribution in [2.45, 2.75) is 32.9 Å². The zero-order valence-corrected chi connectivity index (χ0v) is 15.5. The summed E-state index contributed by atoms with van der Waals surface area (Å²) in [6.07, 6.45) is 1.06. The molecule has 1 aromatic carbocycles. The molecule has 0 bridgehead atoms. The number of hydrogen-bond donors (Lipinski definition) is 1. The first-order valence-electron chi connectivity index (χ1n) is 8.45. The number of amides is 1. The lowest BCUT2D eigenvalue weighted by Crippen LogP contribution is -2.45. The van der Waals surface area contributed by atoms with Crippen LogP contribution in [0.15, 0.2) is 24.3 Å². The predicted molar refractivity (Wildman–Crippen MR) is 98.9 cm³/mol. The number of nitrogens with two attached hydrogens (primary N) is 1. The molecule has 1 aromatic heterocycles. The van der Waals surface area contributed by atoms with Crippen LogP contribution >= 0.6 is 11.3 Å². The molecule has 1 aliphatic rings. The van der Waals surface area contributed by atoms with E-state index in [4.69, 9.17) is 5.73 Å². The van der Waals surface area contributed by atoms with Crippen molar-refractivity contribution in [3.8, 4) is 0 Å². The number of rotatable bonds is 5. The summed E-state index contributed by atoms with van der Waals surface area (Å²) < 4.78 is 1.17. The number of thiazole rings is 1. The van der Waals surface area contributed by atoms with Crippen LogP contribution in [0.2, 0.25) is 0 Å². The highest BCUT2D eigenvalue weighted by molar-refractivity contribution is 7.18. The van der Waals surface area contributed by atoms with Gasteiger partial charge in [0.05, 0.1) is 22.8 Å². The van der Waals surface area contributed by atoms with E-state index in [1.165, 1.54) is 4.70 Å². The highest BCUT2D eigenvalue weighted by atomic mass is 32.1. The van der Waals surface area contributed by atoms with Crippen LogP contribution in [0.25, 0.3) is 10.2 Å². The second kappa shape index (κ2) is 6.78. The van der Waals surface area contributed by atoms with Gasteiger partial charge in [-0.3, -0.25) is 9.69 Å².